The molecule has 10 heteroatoms. The highest BCUT2D eigenvalue weighted by molar-refractivity contribution is 7.45. The smallest absolute Gasteiger partial charge is 0.306 e. The van der Waals surface area contributed by atoms with Crippen molar-refractivity contribution in [1.29, 1.82) is 0 Å². The Morgan fingerprint density at radius 1 is 0.486 bits per heavy atom. The normalized spacial score (nSPS) is 14.2. The summed E-state index contributed by atoms with van der Waals surface area (Å²) < 4.78 is 30.3. The number of likely N-dealkylation sites (N-methyl/N-ethyl adjacent to an activating group) is 1. The predicted molar refractivity (Wildman–Crippen MR) is 316 cm³/mol. The highest BCUT2D eigenvalue weighted by atomic mass is 31.2. The third kappa shape index (κ3) is 54.2. The minimum atomic E-state index is -4.70. The van der Waals surface area contributed by atoms with Gasteiger partial charge in [0.2, 0.25) is 5.91 Å². The number of nitrogens with one attached hydrogen (secondary N) is 1. The lowest BCUT2D eigenvalue weighted by atomic mass is 10.0. The van der Waals surface area contributed by atoms with Gasteiger partial charge in [0.15, 0.2) is 0 Å². The molecule has 0 aromatic rings. The average Bonchev–Trinajstić information content (AvgIpc) is 3.36. The molecule has 1 amide bonds. The molecule has 0 saturated heterocycles. The first-order chi connectivity index (χ1) is 35.9. The first kappa shape index (κ1) is 71.5. The van der Waals surface area contributed by atoms with Crippen molar-refractivity contribution >= 4 is 19.7 Å². The number of amides is 1. The van der Waals surface area contributed by atoms with Crippen molar-refractivity contribution < 1.29 is 37.3 Å². The van der Waals surface area contributed by atoms with Gasteiger partial charge in [0, 0.05) is 12.8 Å². The van der Waals surface area contributed by atoms with Crippen LogP contribution >= 0.6 is 7.82 Å². The molecule has 0 spiro atoms. The van der Waals surface area contributed by atoms with Crippen molar-refractivity contribution in [2.45, 2.75) is 283 Å². The van der Waals surface area contributed by atoms with Crippen LogP contribution in [0.3, 0.4) is 0 Å². The van der Waals surface area contributed by atoms with Crippen molar-refractivity contribution in [1.82, 2.24) is 5.32 Å². The van der Waals surface area contributed by atoms with E-state index < -0.39 is 26.6 Å². The van der Waals surface area contributed by atoms with Crippen LogP contribution in [0.4, 0.5) is 0 Å². The monoisotopic (exact) mass is 1060 g/mol. The summed E-state index contributed by atoms with van der Waals surface area (Å²) in [5, 5.41) is 3.02. The average molecular weight is 1060 g/mol. The van der Waals surface area contributed by atoms with Crippen molar-refractivity contribution in [3.05, 3.63) is 72.9 Å². The maximum atomic E-state index is 13.5. The van der Waals surface area contributed by atoms with Crippen LogP contribution in [0.25, 0.3) is 0 Å². The SMILES string of the molecule is CC/C=C/C/C=C/C/C=C/CCCCCCC(=O)OC(/C=C\CCCCCCCCCCCCC)C(COP(=O)([O-])OCC[N+](C)(C)C)NC(=O)CCCCCCCCCCCCC/C=C\C/C=C\CCCCC. The second-order valence-corrected chi connectivity index (χ2v) is 23.2. The number of hydrogen-bond donors (Lipinski definition) is 1. The van der Waals surface area contributed by atoms with Crippen molar-refractivity contribution in [3.63, 3.8) is 0 Å². The summed E-state index contributed by atoms with van der Waals surface area (Å²) in [4.78, 5) is 40.0. The summed E-state index contributed by atoms with van der Waals surface area (Å²) in [7, 11) is 1.17. The van der Waals surface area contributed by atoms with E-state index in [-0.39, 0.29) is 24.9 Å². The van der Waals surface area contributed by atoms with Crippen LogP contribution in [0, 0.1) is 0 Å². The number of carbonyl (C=O) groups is 2. The molecule has 1 N–H and O–H groups in total. The van der Waals surface area contributed by atoms with Crippen molar-refractivity contribution in [2.24, 2.45) is 0 Å². The second kappa shape index (κ2) is 53.8. The van der Waals surface area contributed by atoms with E-state index in [0.29, 0.717) is 23.9 Å². The van der Waals surface area contributed by atoms with E-state index in [9.17, 15) is 19.0 Å². The quantitative estimate of drug-likeness (QED) is 0.0212. The lowest BCUT2D eigenvalue weighted by molar-refractivity contribution is -0.870. The molecule has 3 unspecified atom stereocenters. The fraction of sp³-hybridized carbons (Fsp3) is 0.781. The van der Waals surface area contributed by atoms with Gasteiger partial charge in [-0.05, 0) is 96.0 Å². The molecule has 0 aliphatic rings. The molecule has 0 bridgehead atoms. The van der Waals surface area contributed by atoms with E-state index in [4.69, 9.17) is 13.8 Å². The Labute approximate surface area is 457 Å². The van der Waals surface area contributed by atoms with E-state index in [1.54, 1.807) is 0 Å². The maximum Gasteiger partial charge on any atom is 0.306 e. The molecule has 0 radical (unpaired) electrons. The van der Waals surface area contributed by atoms with Gasteiger partial charge < -0.3 is 28.5 Å². The summed E-state index contributed by atoms with van der Waals surface area (Å²) in [6.07, 6.45) is 68.6. The molecule has 74 heavy (non-hydrogen) atoms. The number of carbonyl (C=O) groups excluding carboxylic acids is 2. The van der Waals surface area contributed by atoms with E-state index in [1.807, 2.05) is 33.3 Å². The predicted octanol–water partition coefficient (Wildman–Crippen LogP) is 18.2. The summed E-state index contributed by atoms with van der Waals surface area (Å²) in [5.41, 5.74) is 0. The Balaban J connectivity index is 5.27. The molecule has 0 aliphatic carbocycles. The number of phosphoric ester groups is 1. The van der Waals surface area contributed by atoms with E-state index in [2.05, 4.69) is 86.8 Å². The number of allylic oxidation sites excluding steroid dienone is 11. The van der Waals surface area contributed by atoms with Crippen LogP contribution in [-0.4, -0.2) is 69.4 Å². The summed E-state index contributed by atoms with van der Waals surface area (Å²) in [6, 6.07) is -0.900. The van der Waals surface area contributed by atoms with Gasteiger partial charge >= 0.3 is 5.97 Å². The number of ether oxygens (including phenoxy) is 1. The Hall–Kier alpha value is -2.55. The zero-order valence-corrected chi connectivity index (χ0v) is 49.9. The zero-order chi connectivity index (χ0) is 54.3. The molecule has 0 aromatic heterocycles. The molecular formula is C64H117N2O7P. The van der Waals surface area contributed by atoms with Crippen molar-refractivity contribution in [3.8, 4) is 0 Å². The number of unbranched alkanes of at least 4 members (excludes halogenated alkanes) is 29. The molecule has 430 valence electrons. The Kier molecular flexibility index (Phi) is 52.0. The fourth-order valence-corrected chi connectivity index (χ4v) is 9.35. The van der Waals surface area contributed by atoms with Gasteiger partial charge in [-0.2, -0.15) is 0 Å². The molecule has 0 fully saturated rings. The highest BCUT2D eigenvalue weighted by Crippen LogP contribution is 2.38. The van der Waals surface area contributed by atoms with Gasteiger partial charge in [0.25, 0.3) is 7.82 Å². The molecule has 0 saturated carbocycles. The topological polar surface area (TPSA) is 114 Å². The van der Waals surface area contributed by atoms with Crippen LogP contribution in [0.2, 0.25) is 0 Å². The van der Waals surface area contributed by atoms with Gasteiger partial charge in [-0.1, -0.05) is 235 Å². The third-order valence-electron chi connectivity index (χ3n) is 13.4. The third-order valence-corrected chi connectivity index (χ3v) is 14.3. The van der Waals surface area contributed by atoms with Crippen LogP contribution in [0.1, 0.15) is 271 Å². The van der Waals surface area contributed by atoms with E-state index >= 15 is 0 Å². The molecule has 0 aliphatic heterocycles. The number of phosphoric acid groups is 1. The standard InChI is InChI=1S/C64H117N2O7P/c1-7-10-13-16-19-22-25-28-30-31-32-33-34-35-36-38-41-44-47-50-53-56-63(67)65-61(60-72-74(69,70)71-59-58-66(4,5)6)62(55-52-49-46-43-40-37-27-24-21-18-15-12-9-3)73-64(68)57-54-51-48-45-42-39-29-26-23-20-17-14-11-8-2/h11,14,19-20,22-23,28-30,39,52,55,61-62H,7-10,12-13,15-18,21,24-27,31-38,40-51,53-54,56-60H2,1-6H3,(H-,65,67,69,70)/b14-11+,22-19-,23-20+,30-28-,39-29+,55-52-. The van der Waals surface area contributed by atoms with Gasteiger partial charge in [-0.15, -0.1) is 0 Å². The first-order valence-electron chi connectivity index (χ1n) is 30.7. The molecule has 0 heterocycles. The molecule has 0 rings (SSSR count). The second-order valence-electron chi connectivity index (χ2n) is 21.8. The van der Waals surface area contributed by atoms with Crippen molar-refractivity contribution in [2.75, 3.05) is 40.9 Å². The minimum absolute atomic E-state index is 0.0284. The summed E-state index contributed by atoms with van der Waals surface area (Å²) >= 11 is 0. The van der Waals surface area contributed by atoms with Gasteiger partial charge in [0.1, 0.15) is 19.3 Å². The molecule has 0 aromatic carbocycles. The lowest BCUT2D eigenvalue weighted by Crippen LogP contribution is -2.47. The van der Waals surface area contributed by atoms with Crippen LogP contribution in [-0.2, 0) is 27.9 Å². The summed E-state index contributed by atoms with van der Waals surface area (Å²) in [6.45, 7) is 6.70. The van der Waals surface area contributed by atoms with Gasteiger partial charge in [0.05, 0.1) is 33.8 Å². The number of nitrogens with zero attached hydrogens (tertiary/aromatic N) is 1. The van der Waals surface area contributed by atoms with E-state index in [1.165, 1.54) is 135 Å². The van der Waals surface area contributed by atoms with Gasteiger partial charge in [-0.3, -0.25) is 14.2 Å². The van der Waals surface area contributed by atoms with Gasteiger partial charge in [-0.25, -0.2) is 0 Å². The number of hydrogen-bond acceptors (Lipinski definition) is 7. The molecule has 3 atom stereocenters. The molecular weight excluding hydrogens is 940 g/mol. The van der Waals surface area contributed by atoms with E-state index in [0.717, 1.165) is 96.3 Å². The fourth-order valence-electron chi connectivity index (χ4n) is 8.63. The Bertz CT molecular complexity index is 1500. The lowest BCUT2D eigenvalue weighted by Gasteiger charge is -2.30. The van der Waals surface area contributed by atoms with Crippen LogP contribution < -0.4 is 10.2 Å². The minimum Gasteiger partial charge on any atom is -0.756 e. The van der Waals surface area contributed by atoms with Crippen LogP contribution in [0.5, 0.6) is 0 Å². The number of rotatable bonds is 55. The summed E-state index contributed by atoms with van der Waals surface area (Å²) in [5.74, 6) is -0.567. The highest BCUT2D eigenvalue weighted by Gasteiger charge is 2.27. The maximum absolute atomic E-state index is 13.5. The number of esters is 1. The first-order valence-corrected chi connectivity index (χ1v) is 32.2. The molecule has 9 nitrogen and oxygen atoms in total. The Morgan fingerprint density at radius 3 is 1.32 bits per heavy atom. The zero-order valence-electron chi connectivity index (χ0n) is 49.0. The van der Waals surface area contributed by atoms with Crippen LogP contribution in [0.15, 0.2) is 72.9 Å². The Morgan fingerprint density at radius 2 is 0.865 bits per heavy atom. The number of quaternary nitrogens is 1. The largest absolute Gasteiger partial charge is 0.756 e.